The molecular weight excluding hydrogens is 404 g/mol. The minimum absolute atomic E-state index is 0.0252. The first kappa shape index (κ1) is 25.8. The zero-order chi connectivity index (χ0) is 23.0. The van der Waals surface area contributed by atoms with Gasteiger partial charge in [0, 0.05) is 24.0 Å². The molecule has 2 N–H and O–H groups in total. The Kier molecular flexibility index (Phi) is 10.4. The van der Waals surface area contributed by atoms with Crippen LogP contribution in [0.1, 0.15) is 86.5 Å². The Morgan fingerprint density at radius 3 is 2.48 bits per heavy atom. The quantitative estimate of drug-likeness (QED) is 0.503. The summed E-state index contributed by atoms with van der Waals surface area (Å²) < 4.78 is 0. The molecule has 0 radical (unpaired) electrons. The maximum atomic E-state index is 12.8. The number of thioether (sulfide) groups is 1. The van der Waals surface area contributed by atoms with E-state index in [1.807, 2.05) is 6.92 Å². The van der Waals surface area contributed by atoms with E-state index in [-0.39, 0.29) is 23.8 Å². The predicted octanol–water partition coefficient (Wildman–Crippen LogP) is 6.11. The average molecular weight is 447 g/mol. The average Bonchev–Trinajstić information content (AvgIpc) is 3.12. The van der Waals surface area contributed by atoms with Crippen molar-refractivity contribution in [1.82, 2.24) is 10.6 Å². The molecule has 5 heteroatoms. The van der Waals surface area contributed by atoms with Crippen molar-refractivity contribution in [3.05, 3.63) is 34.4 Å². The second-order valence-corrected chi connectivity index (χ2v) is 11.0. The standard InChI is InChI=1S/C26H42N2O2S/c1-17-8-7-9-18(2)14-21(5)26(30)19(3)11-13-25(29)28-24(12-10-17)20(4)15-23-16-31-22(6)27-23/h10,15-16,18-19,21-22,24,27H,7-9,11-14H2,1-6H3,(H,28,29)/b17-10-,20-15+/t18-,19?,21?,22?,24?/m0/s1. The maximum Gasteiger partial charge on any atom is 0.220 e. The van der Waals surface area contributed by atoms with E-state index in [0.717, 1.165) is 43.4 Å². The summed E-state index contributed by atoms with van der Waals surface area (Å²) in [4.78, 5) is 25.5. The molecule has 0 fully saturated rings. The van der Waals surface area contributed by atoms with Crippen molar-refractivity contribution < 1.29 is 9.59 Å². The number of hydrogen-bond acceptors (Lipinski definition) is 4. The van der Waals surface area contributed by atoms with Crippen molar-refractivity contribution >= 4 is 23.5 Å². The zero-order valence-corrected chi connectivity index (χ0v) is 21.1. The third-order valence-corrected chi connectivity index (χ3v) is 7.46. The van der Waals surface area contributed by atoms with Gasteiger partial charge in [-0.25, -0.2) is 0 Å². The summed E-state index contributed by atoms with van der Waals surface area (Å²) in [7, 11) is 0. The van der Waals surface area contributed by atoms with Crippen LogP contribution in [-0.4, -0.2) is 23.1 Å². The number of allylic oxidation sites excluding steroid dienone is 2. The fraction of sp³-hybridized carbons (Fsp3) is 0.692. The summed E-state index contributed by atoms with van der Waals surface area (Å²) in [5.74, 6) is 0.905. The highest BCUT2D eigenvalue weighted by molar-refractivity contribution is 8.02. The lowest BCUT2D eigenvalue weighted by Gasteiger charge is -2.22. The van der Waals surface area contributed by atoms with Gasteiger partial charge in [0.1, 0.15) is 5.78 Å². The van der Waals surface area contributed by atoms with Gasteiger partial charge < -0.3 is 10.6 Å². The van der Waals surface area contributed by atoms with E-state index in [1.165, 1.54) is 5.57 Å². The summed E-state index contributed by atoms with van der Waals surface area (Å²) >= 11 is 1.77. The van der Waals surface area contributed by atoms with E-state index in [9.17, 15) is 9.59 Å². The molecule has 2 aliphatic rings. The first-order valence-corrected chi connectivity index (χ1v) is 12.9. The molecule has 5 atom stereocenters. The minimum atomic E-state index is -0.0653. The molecule has 0 bridgehead atoms. The molecular formula is C26H42N2O2S. The third kappa shape index (κ3) is 8.88. The molecule has 0 spiro atoms. The molecule has 0 aromatic rings. The highest BCUT2D eigenvalue weighted by Gasteiger charge is 2.23. The first-order chi connectivity index (χ1) is 14.7. The summed E-state index contributed by atoms with van der Waals surface area (Å²) in [6.45, 7) is 12.7. The van der Waals surface area contributed by atoms with Gasteiger partial charge in [-0.1, -0.05) is 38.8 Å². The molecule has 0 aliphatic carbocycles. The number of hydrogen-bond donors (Lipinski definition) is 2. The SMILES string of the molecule is C/C1=C/CC(/C(C)=C/C2=CSC(C)N2)NC(=O)CCC(C)C(=O)C(C)C[C@@H](C)CCC1. The zero-order valence-electron chi connectivity index (χ0n) is 20.3. The van der Waals surface area contributed by atoms with Crippen LogP contribution in [0.2, 0.25) is 0 Å². The van der Waals surface area contributed by atoms with E-state index in [4.69, 9.17) is 0 Å². The number of rotatable bonds is 2. The Hall–Kier alpha value is -1.49. The molecule has 1 amide bonds. The number of amides is 1. The van der Waals surface area contributed by atoms with Crippen LogP contribution in [0.15, 0.2) is 34.4 Å². The van der Waals surface area contributed by atoms with E-state index in [1.54, 1.807) is 11.8 Å². The van der Waals surface area contributed by atoms with Gasteiger partial charge in [-0.05, 0) is 75.9 Å². The summed E-state index contributed by atoms with van der Waals surface area (Å²) in [6, 6.07) is -0.0252. The Labute approximate surface area is 193 Å². The van der Waals surface area contributed by atoms with Crippen LogP contribution in [0.25, 0.3) is 0 Å². The van der Waals surface area contributed by atoms with Crippen LogP contribution in [0.4, 0.5) is 0 Å². The number of carbonyl (C=O) groups excluding carboxylic acids is 2. The summed E-state index contributed by atoms with van der Waals surface area (Å²) in [5.41, 5.74) is 3.64. The molecule has 2 heterocycles. The molecule has 0 saturated carbocycles. The fourth-order valence-corrected chi connectivity index (χ4v) is 5.18. The number of nitrogens with one attached hydrogen (secondary N) is 2. The van der Waals surface area contributed by atoms with Crippen molar-refractivity contribution in [1.29, 1.82) is 0 Å². The minimum Gasteiger partial charge on any atom is -0.373 e. The van der Waals surface area contributed by atoms with Gasteiger partial charge in [-0.2, -0.15) is 0 Å². The van der Waals surface area contributed by atoms with Gasteiger partial charge in [0.2, 0.25) is 5.91 Å². The lowest BCUT2D eigenvalue weighted by Crippen LogP contribution is -2.36. The molecule has 31 heavy (non-hydrogen) atoms. The van der Waals surface area contributed by atoms with Crippen LogP contribution in [0.5, 0.6) is 0 Å². The molecule has 0 aromatic heterocycles. The van der Waals surface area contributed by atoms with E-state index in [0.29, 0.717) is 29.9 Å². The van der Waals surface area contributed by atoms with Gasteiger partial charge in [0.15, 0.2) is 0 Å². The second-order valence-electron chi connectivity index (χ2n) is 9.77. The van der Waals surface area contributed by atoms with Crippen LogP contribution in [0, 0.1) is 17.8 Å². The van der Waals surface area contributed by atoms with Gasteiger partial charge >= 0.3 is 0 Å². The van der Waals surface area contributed by atoms with Gasteiger partial charge in [0.25, 0.3) is 0 Å². The Bertz CT molecular complexity index is 725. The number of ketones is 1. The Morgan fingerprint density at radius 2 is 1.81 bits per heavy atom. The lowest BCUT2D eigenvalue weighted by atomic mass is 9.84. The monoisotopic (exact) mass is 446 g/mol. The molecule has 4 unspecified atom stereocenters. The van der Waals surface area contributed by atoms with Crippen LogP contribution < -0.4 is 10.6 Å². The third-order valence-electron chi connectivity index (χ3n) is 6.54. The number of Topliss-reactive ketones (excluding diaryl/α,β-unsaturated/α-hetero) is 1. The largest absolute Gasteiger partial charge is 0.373 e. The van der Waals surface area contributed by atoms with Crippen molar-refractivity contribution in [2.24, 2.45) is 17.8 Å². The normalized spacial score (nSPS) is 34.4. The van der Waals surface area contributed by atoms with Gasteiger partial charge in [-0.15, -0.1) is 11.8 Å². The van der Waals surface area contributed by atoms with E-state index >= 15 is 0 Å². The summed E-state index contributed by atoms with van der Waals surface area (Å²) in [5, 5.41) is 9.20. The smallest absolute Gasteiger partial charge is 0.220 e. The first-order valence-electron chi connectivity index (χ1n) is 11.9. The van der Waals surface area contributed by atoms with E-state index < -0.39 is 0 Å². The topological polar surface area (TPSA) is 58.2 Å². The van der Waals surface area contributed by atoms with Crippen LogP contribution in [0.3, 0.4) is 0 Å². The Balaban J connectivity index is 2.15. The highest BCUT2D eigenvalue weighted by Crippen LogP contribution is 2.25. The molecule has 2 aliphatic heterocycles. The predicted molar refractivity (Wildman–Crippen MR) is 133 cm³/mol. The van der Waals surface area contributed by atoms with Gasteiger partial charge in [0.05, 0.1) is 11.4 Å². The summed E-state index contributed by atoms with van der Waals surface area (Å²) in [6.07, 6.45) is 10.6. The fourth-order valence-electron chi connectivity index (χ4n) is 4.49. The molecule has 0 saturated heterocycles. The molecule has 174 valence electrons. The molecule has 2 rings (SSSR count). The van der Waals surface area contributed by atoms with Crippen molar-refractivity contribution in [3.63, 3.8) is 0 Å². The van der Waals surface area contributed by atoms with Crippen LogP contribution in [-0.2, 0) is 9.59 Å². The lowest BCUT2D eigenvalue weighted by molar-refractivity contribution is -0.127. The molecule has 4 nitrogen and oxygen atoms in total. The maximum absolute atomic E-state index is 12.8. The second kappa shape index (κ2) is 12.5. The highest BCUT2D eigenvalue weighted by atomic mass is 32.2. The Morgan fingerprint density at radius 1 is 1.06 bits per heavy atom. The van der Waals surface area contributed by atoms with Crippen molar-refractivity contribution in [2.45, 2.75) is 97.9 Å². The van der Waals surface area contributed by atoms with E-state index in [2.05, 4.69) is 62.8 Å². The van der Waals surface area contributed by atoms with Gasteiger partial charge in [-0.3, -0.25) is 9.59 Å². The van der Waals surface area contributed by atoms with Crippen LogP contribution >= 0.6 is 11.8 Å². The van der Waals surface area contributed by atoms with Crippen molar-refractivity contribution in [3.8, 4) is 0 Å². The number of carbonyl (C=O) groups is 2. The van der Waals surface area contributed by atoms with Crippen molar-refractivity contribution in [2.75, 3.05) is 0 Å². The molecule has 0 aromatic carbocycles.